The molecular weight excluding hydrogens is 409 g/mol. The van der Waals surface area contributed by atoms with Crippen LogP contribution in [-0.4, -0.2) is 53.7 Å². The summed E-state index contributed by atoms with van der Waals surface area (Å²) in [4.78, 5) is 42.3. The van der Waals surface area contributed by atoms with Crippen LogP contribution >= 0.6 is 0 Å². The Labute approximate surface area is 187 Å². The summed E-state index contributed by atoms with van der Waals surface area (Å²) >= 11 is 0. The van der Waals surface area contributed by atoms with Crippen molar-refractivity contribution in [2.45, 2.75) is 32.7 Å². The monoisotopic (exact) mass is 437 g/mol. The van der Waals surface area contributed by atoms with Crippen molar-refractivity contribution in [3.05, 3.63) is 65.5 Å². The Morgan fingerprint density at radius 2 is 1.59 bits per heavy atom. The second kappa shape index (κ2) is 9.51. The van der Waals surface area contributed by atoms with Gasteiger partial charge >= 0.3 is 0 Å². The molecule has 1 heterocycles. The van der Waals surface area contributed by atoms with Crippen LogP contribution in [0.3, 0.4) is 0 Å². The summed E-state index contributed by atoms with van der Waals surface area (Å²) in [6.45, 7) is 4.09. The third kappa shape index (κ3) is 5.33. The first kappa shape index (κ1) is 22.0. The molecule has 0 spiro atoms. The van der Waals surface area contributed by atoms with E-state index in [0.29, 0.717) is 32.7 Å². The van der Waals surface area contributed by atoms with E-state index in [2.05, 4.69) is 0 Å². The molecule has 2 fully saturated rings. The molecule has 0 atom stereocenters. The molecule has 1 aliphatic heterocycles. The van der Waals surface area contributed by atoms with Gasteiger partial charge in [0.05, 0.1) is 13.0 Å². The smallest absolute Gasteiger partial charge is 0.230 e. The summed E-state index contributed by atoms with van der Waals surface area (Å²) in [5, 5.41) is 0. The van der Waals surface area contributed by atoms with Crippen LogP contribution in [-0.2, 0) is 27.3 Å². The van der Waals surface area contributed by atoms with Gasteiger partial charge in [-0.05, 0) is 48.2 Å². The van der Waals surface area contributed by atoms with Crippen molar-refractivity contribution >= 4 is 23.4 Å². The summed E-state index contributed by atoms with van der Waals surface area (Å²) < 4.78 is 13.6. The topological polar surface area (TPSA) is 60.9 Å². The van der Waals surface area contributed by atoms with Crippen molar-refractivity contribution in [1.29, 1.82) is 0 Å². The van der Waals surface area contributed by atoms with Crippen LogP contribution in [0.1, 0.15) is 30.9 Å². The van der Waals surface area contributed by atoms with Crippen LogP contribution in [0.4, 0.5) is 10.1 Å². The highest BCUT2D eigenvalue weighted by atomic mass is 19.1. The molecule has 3 amide bonds. The van der Waals surface area contributed by atoms with Gasteiger partial charge in [-0.1, -0.05) is 24.3 Å². The van der Waals surface area contributed by atoms with Crippen molar-refractivity contribution in [1.82, 2.24) is 9.80 Å². The Morgan fingerprint density at radius 1 is 0.938 bits per heavy atom. The summed E-state index contributed by atoms with van der Waals surface area (Å²) in [5.74, 6) is -0.151. The summed E-state index contributed by atoms with van der Waals surface area (Å²) in [7, 11) is 0. The van der Waals surface area contributed by atoms with E-state index in [1.165, 1.54) is 12.1 Å². The van der Waals surface area contributed by atoms with Gasteiger partial charge in [0.15, 0.2) is 0 Å². The van der Waals surface area contributed by atoms with Gasteiger partial charge in [-0.3, -0.25) is 14.4 Å². The second-order valence-corrected chi connectivity index (χ2v) is 8.56. The van der Waals surface area contributed by atoms with Crippen LogP contribution in [0.5, 0.6) is 0 Å². The molecule has 0 unspecified atom stereocenters. The quantitative estimate of drug-likeness (QED) is 0.698. The fourth-order valence-electron chi connectivity index (χ4n) is 4.02. The molecule has 6 nitrogen and oxygen atoms in total. The standard InChI is InChI=1S/C25H28FN3O3/c1-18(30)27-11-13-28(14-12-27)24(31)16-19-5-9-23(10-6-19)29(25(32)21-7-8-21)17-20-3-2-4-22(26)15-20/h2-6,9-10,15,21H,7-8,11-14,16-17H2,1H3. The third-order valence-corrected chi connectivity index (χ3v) is 6.10. The molecule has 0 bridgehead atoms. The number of amides is 3. The van der Waals surface area contributed by atoms with E-state index < -0.39 is 0 Å². The molecule has 32 heavy (non-hydrogen) atoms. The van der Waals surface area contributed by atoms with Gasteiger partial charge in [0.2, 0.25) is 17.7 Å². The lowest BCUT2D eigenvalue weighted by Gasteiger charge is -2.34. The second-order valence-electron chi connectivity index (χ2n) is 8.56. The predicted molar refractivity (Wildman–Crippen MR) is 119 cm³/mol. The first-order valence-electron chi connectivity index (χ1n) is 11.1. The zero-order valence-electron chi connectivity index (χ0n) is 18.3. The maximum absolute atomic E-state index is 13.6. The summed E-state index contributed by atoms with van der Waals surface area (Å²) in [6.07, 6.45) is 2.06. The summed E-state index contributed by atoms with van der Waals surface area (Å²) in [5.41, 5.74) is 2.36. The van der Waals surface area contributed by atoms with Crippen molar-refractivity contribution in [2.24, 2.45) is 5.92 Å². The maximum Gasteiger partial charge on any atom is 0.230 e. The number of hydrogen-bond acceptors (Lipinski definition) is 3. The minimum Gasteiger partial charge on any atom is -0.339 e. The third-order valence-electron chi connectivity index (χ3n) is 6.10. The first-order valence-corrected chi connectivity index (χ1v) is 11.1. The Bertz CT molecular complexity index is 996. The molecule has 0 radical (unpaired) electrons. The number of carbonyl (C=O) groups excluding carboxylic acids is 3. The van der Waals surface area contributed by atoms with Gasteiger partial charge in [-0.25, -0.2) is 4.39 Å². The zero-order chi connectivity index (χ0) is 22.7. The number of anilines is 1. The number of piperazine rings is 1. The molecule has 168 valence electrons. The van der Waals surface area contributed by atoms with Gasteiger partial charge in [-0.15, -0.1) is 0 Å². The van der Waals surface area contributed by atoms with Crippen LogP contribution in [0, 0.1) is 11.7 Å². The van der Waals surface area contributed by atoms with E-state index in [4.69, 9.17) is 0 Å². The average Bonchev–Trinajstić information content (AvgIpc) is 3.63. The molecule has 7 heteroatoms. The molecule has 1 saturated carbocycles. The average molecular weight is 438 g/mol. The Morgan fingerprint density at radius 3 is 2.19 bits per heavy atom. The van der Waals surface area contributed by atoms with E-state index in [1.807, 2.05) is 30.3 Å². The summed E-state index contributed by atoms with van der Waals surface area (Å²) in [6, 6.07) is 13.8. The molecule has 1 aliphatic carbocycles. The van der Waals surface area contributed by atoms with Crippen molar-refractivity contribution in [2.75, 3.05) is 31.1 Å². The molecular formula is C25H28FN3O3. The molecule has 0 N–H and O–H groups in total. The molecule has 2 aromatic rings. The van der Waals surface area contributed by atoms with Crippen molar-refractivity contribution in [3.8, 4) is 0 Å². The lowest BCUT2D eigenvalue weighted by atomic mass is 10.1. The van der Waals surface area contributed by atoms with E-state index in [0.717, 1.165) is 29.7 Å². The Kier molecular flexibility index (Phi) is 6.53. The van der Waals surface area contributed by atoms with E-state index in [-0.39, 0.29) is 35.9 Å². The van der Waals surface area contributed by atoms with Gasteiger partial charge < -0.3 is 14.7 Å². The number of hydrogen-bond donors (Lipinski definition) is 0. The molecule has 0 aromatic heterocycles. The predicted octanol–water partition coefficient (Wildman–Crippen LogP) is 3.00. The number of halogens is 1. The Balaban J connectivity index is 1.41. The fraction of sp³-hybridized carbons (Fsp3) is 0.400. The number of benzene rings is 2. The Hall–Kier alpha value is -3.22. The van der Waals surface area contributed by atoms with Crippen LogP contribution < -0.4 is 4.90 Å². The van der Waals surface area contributed by atoms with Gasteiger partial charge in [-0.2, -0.15) is 0 Å². The normalized spacial score (nSPS) is 16.1. The largest absolute Gasteiger partial charge is 0.339 e. The van der Waals surface area contributed by atoms with Gasteiger partial charge in [0, 0.05) is 44.7 Å². The van der Waals surface area contributed by atoms with Gasteiger partial charge in [0.25, 0.3) is 0 Å². The minimum absolute atomic E-state index is 0.0339. The van der Waals surface area contributed by atoms with Crippen molar-refractivity contribution in [3.63, 3.8) is 0 Å². The highest BCUT2D eigenvalue weighted by Crippen LogP contribution is 2.33. The zero-order valence-corrected chi connectivity index (χ0v) is 18.3. The number of rotatable bonds is 6. The SMILES string of the molecule is CC(=O)N1CCN(C(=O)Cc2ccc(N(Cc3cccc(F)c3)C(=O)C3CC3)cc2)CC1. The van der Waals surface area contributed by atoms with Crippen molar-refractivity contribution < 1.29 is 18.8 Å². The van der Waals surface area contributed by atoms with Crippen LogP contribution in [0.25, 0.3) is 0 Å². The van der Waals surface area contributed by atoms with E-state index >= 15 is 0 Å². The first-order chi connectivity index (χ1) is 15.4. The number of nitrogens with zero attached hydrogens (tertiary/aromatic N) is 3. The van der Waals surface area contributed by atoms with E-state index in [9.17, 15) is 18.8 Å². The van der Waals surface area contributed by atoms with E-state index in [1.54, 1.807) is 27.7 Å². The maximum atomic E-state index is 13.6. The lowest BCUT2D eigenvalue weighted by Crippen LogP contribution is -2.50. The molecule has 2 aliphatic rings. The number of carbonyl (C=O) groups is 3. The fourth-order valence-corrected chi connectivity index (χ4v) is 4.02. The van der Waals surface area contributed by atoms with Crippen LogP contribution in [0.15, 0.2) is 48.5 Å². The lowest BCUT2D eigenvalue weighted by molar-refractivity contribution is -0.138. The van der Waals surface area contributed by atoms with Gasteiger partial charge in [0.1, 0.15) is 5.82 Å². The minimum atomic E-state index is -0.320. The highest BCUT2D eigenvalue weighted by Gasteiger charge is 2.34. The molecule has 1 saturated heterocycles. The van der Waals surface area contributed by atoms with Crippen LogP contribution in [0.2, 0.25) is 0 Å². The highest BCUT2D eigenvalue weighted by molar-refractivity contribution is 5.96. The molecule has 2 aromatic carbocycles. The molecule has 4 rings (SSSR count).